The minimum Gasteiger partial charge on any atom is -0.317 e. The van der Waals surface area contributed by atoms with Crippen molar-refractivity contribution >= 4 is 21.8 Å². The standard InChI is InChI=1S/C13H28N2O2S2/c1-2-7-14-8-3-4-11-19(16,17)15-12-13-5-9-18-10-6-13/h13-15H,2-12H2,1H3. The summed E-state index contributed by atoms with van der Waals surface area (Å²) in [6, 6.07) is 0. The molecule has 1 fully saturated rings. The van der Waals surface area contributed by atoms with Gasteiger partial charge in [0.1, 0.15) is 0 Å². The Hall–Kier alpha value is 0.220. The molecule has 1 rings (SSSR count). The van der Waals surface area contributed by atoms with Crippen molar-refractivity contribution in [2.24, 2.45) is 5.92 Å². The summed E-state index contributed by atoms with van der Waals surface area (Å²) >= 11 is 1.97. The summed E-state index contributed by atoms with van der Waals surface area (Å²) in [4.78, 5) is 0. The van der Waals surface area contributed by atoms with Crippen LogP contribution in [0.4, 0.5) is 0 Å². The van der Waals surface area contributed by atoms with Crippen LogP contribution < -0.4 is 10.0 Å². The molecular weight excluding hydrogens is 280 g/mol. The van der Waals surface area contributed by atoms with Gasteiger partial charge in [-0.3, -0.25) is 0 Å². The Morgan fingerprint density at radius 2 is 1.89 bits per heavy atom. The second-order valence-electron chi connectivity index (χ2n) is 5.18. The Morgan fingerprint density at radius 1 is 1.16 bits per heavy atom. The van der Waals surface area contributed by atoms with Crippen LogP contribution in [0.1, 0.15) is 39.0 Å². The van der Waals surface area contributed by atoms with Crippen LogP contribution in [-0.4, -0.2) is 45.3 Å². The first-order valence-electron chi connectivity index (χ1n) is 7.40. The predicted octanol–water partition coefficient (Wildman–Crippen LogP) is 1.83. The van der Waals surface area contributed by atoms with Gasteiger partial charge in [0.2, 0.25) is 10.0 Å². The van der Waals surface area contributed by atoms with Crippen LogP contribution in [0.15, 0.2) is 0 Å². The molecule has 1 aliphatic heterocycles. The number of hydrogen-bond donors (Lipinski definition) is 2. The number of sulfonamides is 1. The van der Waals surface area contributed by atoms with Gasteiger partial charge in [0.15, 0.2) is 0 Å². The largest absolute Gasteiger partial charge is 0.317 e. The van der Waals surface area contributed by atoms with Crippen molar-refractivity contribution in [3.63, 3.8) is 0 Å². The van der Waals surface area contributed by atoms with Crippen molar-refractivity contribution < 1.29 is 8.42 Å². The molecule has 2 N–H and O–H groups in total. The third-order valence-electron chi connectivity index (χ3n) is 3.38. The van der Waals surface area contributed by atoms with Gasteiger partial charge in [-0.25, -0.2) is 13.1 Å². The summed E-state index contributed by atoms with van der Waals surface area (Å²) in [5.41, 5.74) is 0. The predicted molar refractivity (Wildman–Crippen MR) is 84.2 cm³/mol. The van der Waals surface area contributed by atoms with Crippen LogP contribution in [0.3, 0.4) is 0 Å². The molecule has 0 aromatic carbocycles. The first kappa shape index (κ1) is 17.3. The van der Waals surface area contributed by atoms with Crippen molar-refractivity contribution in [2.75, 3.05) is 36.9 Å². The third kappa shape index (κ3) is 8.89. The second kappa shape index (κ2) is 10.0. The Kier molecular flexibility index (Phi) is 9.11. The van der Waals surface area contributed by atoms with Crippen LogP contribution in [0.5, 0.6) is 0 Å². The molecule has 0 saturated carbocycles. The maximum absolute atomic E-state index is 11.8. The van der Waals surface area contributed by atoms with Crippen LogP contribution >= 0.6 is 11.8 Å². The first-order valence-corrected chi connectivity index (χ1v) is 10.2. The van der Waals surface area contributed by atoms with Gasteiger partial charge in [-0.05, 0) is 62.6 Å². The molecule has 0 aliphatic carbocycles. The fourth-order valence-corrected chi connectivity index (χ4v) is 4.53. The topological polar surface area (TPSA) is 58.2 Å². The molecular formula is C13H28N2O2S2. The van der Waals surface area contributed by atoms with E-state index < -0.39 is 10.0 Å². The van der Waals surface area contributed by atoms with Gasteiger partial charge in [-0.1, -0.05) is 6.92 Å². The van der Waals surface area contributed by atoms with Crippen LogP contribution in [-0.2, 0) is 10.0 Å². The highest BCUT2D eigenvalue weighted by Crippen LogP contribution is 2.21. The number of thioether (sulfide) groups is 1. The zero-order valence-corrected chi connectivity index (χ0v) is 13.6. The Bertz CT molecular complexity index is 315. The molecule has 19 heavy (non-hydrogen) atoms. The van der Waals surface area contributed by atoms with E-state index in [4.69, 9.17) is 0 Å². The lowest BCUT2D eigenvalue weighted by Crippen LogP contribution is -2.32. The molecule has 0 aromatic heterocycles. The molecule has 1 heterocycles. The summed E-state index contributed by atoms with van der Waals surface area (Å²) in [7, 11) is -3.06. The summed E-state index contributed by atoms with van der Waals surface area (Å²) in [6.45, 7) is 4.70. The summed E-state index contributed by atoms with van der Waals surface area (Å²) in [5, 5.41) is 3.29. The Labute approximate surface area is 122 Å². The van der Waals surface area contributed by atoms with Crippen LogP contribution in [0.2, 0.25) is 0 Å². The van der Waals surface area contributed by atoms with Gasteiger partial charge in [0.25, 0.3) is 0 Å². The normalized spacial score (nSPS) is 17.7. The third-order valence-corrected chi connectivity index (χ3v) is 5.86. The van der Waals surface area contributed by atoms with Crippen molar-refractivity contribution in [1.29, 1.82) is 0 Å². The SMILES string of the molecule is CCCNCCCCS(=O)(=O)NCC1CCSCC1. The zero-order valence-electron chi connectivity index (χ0n) is 12.0. The van der Waals surface area contributed by atoms with Crippen molar-refractivity contribution in [2.45, 2.75) is 39.0 Å². The molecule has 0 aromatic rings. The number of hydrogen-bond acceptors (Lipinski definition) is 4. The van der Waals surface area contributed by atoms with Gasteiger partial charge in [0, 0.05) is 6.54 Å². The smallest absolute Gasteiger partial charge is 0.211 e. The lowest BCUT2D eigenvalue weighted by molar-refractivity contribution is 0.476. The molecule has 0 unspecified atom stereocenters. The van der Waals surface area contributed by atoms with E-state index >= 15 is 0 Å². The van der Waals surface area contributed by atoms with Crippen LogP contribution in [0.25, 0.3) is 0 Å². The highest BCUT2D eigenvalue weighted by atomic mass is 32.2. The lowest BCUT2D eigenvalue weighted by atomic mass is 10.0. The summed E-state index contributed by atoms with van der Waals surface area (Å²) in [6.07, 6.45) is 5.09. The summed E-state index contributed by atoms with van der Waals surface area (Å²) in [5.74, 6) is 3.16. The van der Waals surface area contributed by atoms with Crippen LogP contribution in [0, 0.1) is 5.92 Å². The fourth-order valence-electron chi connectivity index (χ4n) is 2.11. The quantitative estimate of drug-likeness (QED) is 0.605. The first-order chi connectivity index (χ1) is 9.14. The number of rotatable bonds is 10. The zero-order chi connectivity index (χ0) is 14.0. The minimum absolute atomic E-state index is 0.266. The van der Waals surface area contributed by atoms with E-state index in [1.54, 1.807) is 0 Å². The number of nitrogens with one attached hydrogen (secondary N) is 2. The number of unbranched alkanes of at least 4 members (excludes halogenated alkanes) is 1. The molecule has 1 aliphatic rings. The highest BCUT2D eigenvalue weighted by molar-refractivity contribution is 7.99. The van der Waals surface area contributed by atoms with E-state index in [2.05, 4.69) is 17.0 Å². The molecule has 1 saturated heterocycles. The molecule has 4 nitrogen and oxygen atoms in total. The molecule has 0 amide bonds. The maximum Gasteiger partial charge on any atom is 0.211 e. The monoisotopic (exact) mass is 308 g/mol. The molecule has 114 valence electrons. The van der Waals surface area contributed by atoms with Gasteiger partial charge in [0.05, 0.1) is 5.75 Å². The molecule has 0 bridgehead atoms. The molecule has 0 radical (unpaired) electrons. The lowest BCUT2D eigenvalue weighted by Gasteiger charge is -2.21. The van der Waals surface area contributed by atoms with E-state index in [0.29, 0.717) is 12.5 Å². The van der Waals surface area contributed by atoms with E-state index in [-0.39, 0.29) is 5.75 Å². The minimum atomic E-state index is -3.06. The van der Waals surface area contributed by atoms with Gasteiger partial charge in [-0.15, -0.1) is 0 Å². The summed E-state index contributed by atoms with van der Waals surface area (Å²) < 4.78 is 26.4. The van der Waals surface area contributed by atoms with Crippen molar-refractivity contribution in [1.82, 2.24) is 10.0 Å². The Morgan fingerprint density at radius 3 is 2.58 bits per heavy atom. The van der Waals surface area contributed by atoms with Crippen molar-refractivity contribution in [3.8, 4) is 0 Å². The average Bonchev–Trinajstić information content (AvgIpc) is 2.42. The molecule has 6 heteroatoms. The van der Waals surface area contributed by atoms with Gasteiger partial charge >= 0.3 is 0 Å². The maximum atomic E-state index is 11.8. The fraction of sp³-hybridized carbons (Fsp3) is 1.00. The molecule has 0 spiro atoms. The van der Waals surface area contributed by atoms with E-state index in [9.17, 15) is 8.42 Å². The second-order valence-corrected chi connectivity index (χ2v) is 8.33. The highest BCUT2D eigenvalue weighted by Gasteiger charge is 2.17. The average molecular weight is 309 g/mol. The van der Waals surface area contributed by atoms with E-state index in [1.165, 1.54) is 11.5 Å². The van der Waals surface area contributed by atoms with Gasteiger partial charge in [-0.2, -0.15) is 11.8 Å². The van der Waals surface area contributed by atoms with Gasteiger partial charge < -0.3 is 5.32 Å². The van der Waals surface area contributed by atoms with E-state index in [1.807, 2.05) is 11.8 Å². The Balaban J connectivity index is 2.06. The van der Waals surface area contributed by atoms with E-state index in [0.717, 1.165) is 45.2 Å². The molecule has 0 atom stereocenters. The van der Waals surface area contributed by atoms with Crippen molar-refractivity contribution in [3.05, 3.63) is 0 Å².